The fourth-order valence-electron chi connectivity index (χ4n) is 2.63. The van der Waals surface area contributed by atoms with Crippen molar-refractivity contribution in [2.75, 3.05) is 19.0 Å². The monoisotopic (exact) mass is 404 g/mol. The van der Waals surface area contributed by atoms with Gasteiger partial charge in [-0.3, -0.25) is 4.99 Å². The predicted molar refractivity (Wildman–Crippen MR) is 97.1 cm³/mol. The molecule has 0 unspecified atom stereocenters. The van der Waals surface area contributed by atoms with E-state index in [1.807, 2.05) is 18.2 Å². The van der Waals surface area contributed by atoms with Gasteiger partial charge in [-0.1, -0.05) is 6.07 Å². The Kier molecular flexibility index (Phi) is 8.60. The second-order valence-electron chi connectivity index (χ2n) is 5.27. The van der Waals surface area contributed by atoms with Crippen LogP contribution in [0.15, 0.2) is 29.4 Å². The third kappa shape index (κ3) is 6.60. The summed E-state index contributed by atoms with van der Waals surface area (Å²) in [5.41, 5.74) is 5.84. The number of aromatic nitrogens is 1. The van der Waals surface area contributed by atoms with Crippen molar-refractivity contribution in [2.24, 2.45) is 16.6 Å². The molecule has 3 N–H and O–H groups in total. The molecule has 0 aromatic carbocycles. The van der Waals surface area contributed by atoms with E-state index in [0.29, 0.717) is 12.1 Å². The van der Waals surface area contributed by atoms with Gasteiger partial charge >= 0.3 is 0 Å². The smallest absolute Gasteiger partial charge is 0.194 e. The number of aliphatic imine (C=N–C) groups is 1. The number of guanidine groups is 1. The lowest BCUT2D eigenvalue weighted by Gasteiger charge is -2.27. The first-order valence-corrected chi connectivity index (χ1v) is 7.28. The van der Waals surface area contributed by atoms with Crippen molar-refractivity contribution in [1.82, 2.24) is 4.98 Å². The minimum absolute atomic E-state index is 0. The molecular formula is C15H25IN4O. The summed E-state index contributed by atoms with van der Waals surface area (Å²) in [5.74, 6) is 1.93. The van der Waals surface area contributed by atoms with Gasteiger partial charge in [0.2, 0.25) is 0 Å². The normalized spacial score (nSPS) is 22.4. The molecule has 0 spiro atoms. The number of methoxy groups -OCH3 is 1. The van der Waals surface area contributed by atoms with E-state index in [1.54, 1.807) is 13.3 Å². The number of ether oxygens (including phenoxy) is 1. The molecule has 0 bridgehead atoms. The van der Waals surface area contributed by atoms with Gasteiger partial charge < -0.3 is 15.8 Å². The average molecular weight is 404 g/mol. The van der Waals surface area contributed by atoms with E-state index in [0.717, 1.165) is 24.7 Å². The van der Waals surface area contributed by atoms with E-state index >= 15 is 0 Å². The maximum atomic E-state index is 5.84. The number of anilines is 1. The maximum absolute atomic E-state index is 5.84. The highest BCUT2D eigenvalue weighted by Gasteiger charge is 2.20. The predicted octanol–water partition coefficient (Wildman–Crippen LogP) is 3.02. The molecule has 21 heavy (non-hydrogen) atoms. The lowest BCUT2D eigenvalue weighted by atomic mass is 9.85. The van der Waals surface area contributed by atoms with Crippen LogP contribution >= 0.6 is 24.0 Å². The highest BCUT2D eigenvalue weighted by Crippen LogP contribution is 2.28. The Bertz CT molecular complexity index is 419. The zero-order chi connectivity index (χ0) is 14.2. The molecule has 0 atom stereocenters. The third-order valence-corrected chi connectivity index (χ3v) is 3.87. The van der Waals surface area contributed by atoms with Gasteiger partial charge in [-0.25, -0.2) is 4.98 Å². The van der Waals surface area contributed by atoms with Crippen molar-refractivity contribution in [1.29, 1.82) is 0 Å². The van der Waals surface area contributed by atoms with Crippen molar-refractivity contribution >= 4 is 35.8 Å². The lowest BCUT2D eigenvalue weighted by Crippen LogP contribution is -2.24. The van der Waals surface area contributed by atoms with E-state index in [2.05, 4.69) is 15.3 Å². The zero-order valence-corrected chi connectivity index (χ0v) is 14.8. The molecule has 2 rings (SSSR count). The molecule has 0 saturated heterocycles. The summed E-state index contributed by atoms with van der Waals surface area (Å²) in [4.78, 5) is 8.51. The van der Waals surface area contributed by atoms with Crippen LogP contribution in [0.1, 0.15) is 32.1 Å². The van der Waals surface area contributed by atoms with Crippen LogP contribution in [0.25, 0.3) is 0 Å². The Morgan fingerprint density at radius 2 is 2.14 bits per heavy atom. The first kappa shape index (κ1) is 18.2. The Morgan fingerprint density at radius 1 is 1.38 bits per heavy atom. The summed E-state index contributed by atoms with van der Waals surface area (Å²) in [5, 5.41) is 2.99. The molecule has 1 heterocycles. The molecule has 0 aliphatic heterocycles. The fraction of sp³-hybridized carbons (Fsp3) is 0.600. The number of nitrogens with zero attached hydrogens (tertiary/aromatic N) is 2. The highest BCUT2D eigenvalue weighted by molar-refractivity contribution is 14.0. The van der Waals surface area contributed by atoms with Crippen LogP contribution in [0.2, 0.25) is 0 Å². The second kappa shape index (κ2) is 9.94. The zero-order valence-electron chi connectivity index (χ0n) is 12.5. The molecule has 0 radical (unpaired) electrons. The first-order valence-electron chi connectivity index (χ1n) is 7.28. The molecule has 1 saturated carbocycles. The van der Waals surface area contributed by atoms with Gasteiger partial charge in [0.05, 0.1) is 6.10 Å². The van der Waals surface area contributed by atoms with E-state index in [4.69, 9.17) is 10.5 Å². The van der Waals surface area contributed by atoms with Crippen molar-refractivity contribution < 1.29 is 4.74 Å². The summed E-state index contributed by atoms with van der Waals surface area (Å²) in [6.45, 7) is 0.772. The summed E-state index contributed by atoms with van der Waals surface area (Å²) < 4.78 is 5.38. The van der Waals surface area contributed by atoms with Gasteiger partial charge in [-0.05, 0) is 50.2 Å². The standard InChI is InChI=1S/C15H24N4O.HI/c1-20-13-7-5-12(6-8-13)9-11-18-15(16)19-14-4-2-3-10-17-14;/h2-4,10,12-13H,5-9,11H2,1H3,(H3,16,17,18,19);1H. The SMILES string of the molecule is COC1CCC(CCN=C(N)Nc2ccccn2)CC1.I. The van der Waals surface area contributed by atoms with Gasteiger partial charge in [-0.15, -0.1) is 24.0 Å². The molecule has 1 fully saturated rings. The topological polar surface area (TPSA) is 72.5 Å². The molecule has 1 aliphatic rings. The molecule has 1 aliphatic carbocycles. The van der Waals surface area contributed by atoms with Gasteiger partial charge in [0.15, 0.2) is 5.96 Å². The van der Waals surface area contributed by atoms with E-state index in [1.165, 1.54) is 25.7 Å². The number of hydrogen-bond donors (Lipinski definition) is 2. The Balaban J connectivity index is 0.00000220. The largest absolute Gasteiger partial charge is 0.381 e. The van der Waals surface area contributed by atoms with Crippen molar-refractivity contribution in [2.45, 2.75) is 38.2 Å². The van der Waals surface area contributed by atoms with Crippen LogP contribution in [0, 0.1) is 5.92 Å². The fourth-order valence-corrected chi connectivity index (χ4v) is 2.63. The quantitative estimate of drug-likeness (QED) is 0.450. The van der Waals surface area contributed by atoms with Gasteiger partial charge in [-0.2, -0.15) is 0 Å². The van der Waals surface area contributed by atoms with Crippen LogP contribution < -0.4 is 11.1 Å². The maximum Gasteiger partial charge on any atom is 0.194 e. The van der Waals surface area contributed by atoms with Crippen molar-refractivity contribution in [3.05, 3.63) is 24.4 Å². The molecule has 5 nitrogen and oxygen atoms in total. The molecule has 6 heteroatoms. The Hall–Kier alpha value is -0.890. The number of hydrogen-bond acceptors (Lipinski definition) is 3. The van der Waals surface area contributed by atoms with Gasteiger partial charge in [0, 0.05) is 19.9 Å². The minimum Gasteiger partial charge on any atom is -0.381 e. The van der Waals surface area contributed by atoms with Crippen molar-refractivity contribution in [3.63, 3.8) is 0 Å². The molecular weight excluding hydrogens is 379 g/mol. The number of rotatable bonds is 5. The Labute approximate surface area is 143 Å². The van der Waals surface area contributed by atoms with Crippen LogP contribution in [0.4, 0.5) is 5.82 Å². The van der Waals surface area contributed by atoms with E-state index in [9.17, 15) is 0 Å². The van der Waals surface area contributed by atoms with E-state index < -0.39 is 0 Å². The highest BCUT2D eigenvalue weighted by atomic mass is 127. The number of nitrogens with one attached hydrogen (secondary N) is 1. The average Bonchev–Trinajstić information content (AvgIpc) is 2.49. The van der Waals surface area contributed by atoms with Crippen LogP contribution in [-0.4, -0.2) is 30.7 Å². The van der Waals surface area contributed by atoms with Crippen LogP contribution in [-0.2, 0) is 4.74 Å². The van der Waals surface area contributed by atoms with Gasteiger partial charge in [0.25, 0.3) is 0 Å². The second-order valence-corrected chi connectivity index (χ2v) is 5.27. The minimum atomic E-state index is 0. The number of halogens is 1. The Morgan fingerprint density at radius 3 is 2.76 bits per heavy atom. The van der Waals surface area contributed by atoms with Crippen molar-refractivity contribution in [3.8, 4) is 0 Å². The first-order chi connectivity index (χ1) is 9.78. The summed E-state index contributed by atoms with van der Waals surface area (Å²) in [6.07, 6.45) is 8.11. The molecule has 118 valence electrons. The number of pyridine rings is 1. The number of nitrogens with two attached hydrogens (primary N) is 1. The van der Waals surface area contributed by atoms with Crippen LogP contribution in [0.3, 0.4) is 0 Å². The van der Waals surface area contributed by atoms with Gasteiger partial charge in [0.1, 0.15) is 5.82 Å². The van der Waals surface area contributed by atoms with Crippen LogP contribution in [0.5, 0.6) is 0 Å². The lowest BCUT2D eigenvalue weighted by molar-refractivity contribution is 0.0559. The molecule has 1 aromatic heterocycles. The summed E-state index contributed by atoms with van der Waals surface area (Å²) in [6, 6.07) is 5.65. The summed E-state index contributed by atoms with van der Waals surface area (Å²) in [7, 11) is 1.80. The van der Waals surface area contributed by atoms with E-state index in [-0.39, 0.29) is 24.0 Å². The molecule has 1 aromatic rings. The molecule has 0 amide bonds. The summed E-state index contributed by atoms with van der Waals surface area (Å²) >= 11 is 0. The third-order valence-electron chi connectivity index (χ3n) is 3.87.